The van der Waals surface area contributed by atoms with Gasteiger partial charge in [0.05, 0.1) is 0 Å². The molecule has 0 bridgehead atoms. The Hall–Kier alpha value is -1.31. The molecule has 0 atom stereocenters. The summed E-state index contributed by atoms with van der Waals surface area (Å²) in [5.74, 6) is -0.159. The molecular weight excluding hydrogens is 165 g/mol. The molecule has 2 rings (SSSR count). The predicted octanol–water partition coefficient (Wildman–Crippen LogP) is 3.09. The minimum Gasteiger partial charge on any atom is -0.359 e. The lowest BCUT2D eigenvalue weighted by molar-refractivity contribution is 0.625. The van der Waals surface area contributed by atoms with Crippen molar-refractivity contribution < 1.29 is 4.39 Å². The van der Waals surface area contributed by atoms with Gasteiger partial charge in [0.2, 0.25) is 0 Å². The molecule has 1 aliphatic heterocycles. The fourth-order valence-electron chi connectivity index (χ4n) is 1.64. The van der Waals surface area contributed by atoms with Gasteiger partial charge in [0.15, 0.2) is 0 Å². The molecular formula is C11H12FN. The van der Waals surface area contributed by atoms with Crippen LogP contribution in [0.5, 0.6) is 0 Å². The molecule has 0 saturated carbocycles. The Morgan fingerprint density at radius 3 is 3.00 bits per heavy atom. The highest BCUT2D eigenvalue weighted by atomic mass is 19.1. The maximum atomic E-state index is 12.9. The van der Waals surface area contributed by atoms with Crippen molar-refractivity contribution in [1.82, 2.24) is 0 Å². The second-order valence-electron chi connectivity index (χ2n) is 3.38. The Labute approximate surface area is 77.3 Å². The molecule has 1 N–H and O–H groups in total. The zero-order chi connectivity index (χ0) is 9.26. The van der Waals surface area contributed by atoms with E-state index in [0.29, 0.717) is 0 Å². The molecule has 1 heterocycles. The summed E-state index contributed by atoms with van der Waals surface area (Å²) < 4.78 is 12.9. The van der Waals surface area contributed by atoms with Gasteiger partial charge in [0, 0.05) is 11.4 Å². The SMILES string of the molecule is C=C1CCCc2cc(F)ccc2N1. The predicted molar refractivity (Wildman–Crippen MR) is 52.1 cm³/mol. The van der Waals surface area contributed by atoms with Gasteiger partial charge in [-0.3, -0.25) is 0 Å². The highest BCUT2D eigenvalue weighted by molar-refractivity contribution is 5.55. The summed E-state index contributed by atoms with van der Waals surface area (Å²) >= 11 is 0. The molecule has 1 aromatic carbocycles. The number of hydrogen-bond acceptors (Lipinski definition) is 1. The Balaban J connectivity index is 2.40. The first-order valence-corrected chi connectivity index (χ1v) is 4.49. The third-order valence-electron chi connectivity index (χ3n) is 2.30. The van der Waals surface area contributed by atoms with Gasteiger partial charge < -0.3 is 5.32 Å². The van der Waals surface area contributed by atoms with Gasteiger partial charge in [-0.05, 0) is 43.0 Å². The fourth-order valence-corrected chi connectivity index (χ4v) is 1.64. The molecule has 1 nitrogen and oxygen atoms in total. The van der Waals surface area contributed by atoms with Gasteiger partial charge in [0.1, 0.15) is 5.82 Å². The zero-order valence-electron chi connectivity index (χ0n) is 7.44. The van der Waals surface area contributed by atoms with Gasteiger partial charge in [0.25, 0.3) is 0 Å². The van der Waals surface area contributed by atoms with E-state index < -0.39 is 0 Å². The number of benzene rings is 1. The Kier molecular flexibility index (Phi) is 2.05. The number of anilines is 1. The first kappa shape index (κ1) is 8.30. The van der Waals surface area contributed by atoms with Crippen molar-refractivity contribution in [2.24, 2.45) is 0 Å². The van der Waals surface area contributed by atoms with Crippen LogP contribution in [0.1, 0.15) is 18.4 Å². The summed E-state index contributed by atoms with van der Waals surface area (Å²) in [7, 11) is 0. The van der Waals surface area contributed by atoms with E-state index in [9.17, 15) is 4.39 Å². The van der Waals surface area contributed by atoms with Crippen LogP contribution < -0.4 is 5.32 Å². The standard InChI is InChI=1S/C11H12FN/c1-8-3-2-4-9-7-10(12)5-6-11(9)13-8/h5-7,13H,1-4H2. The summed E-state index contributed by atoms with van der Waals surface area (Å²) in [5.41, 5.74) is 3.08. The molecule has 68 valence electrons. The molecule has 0 spiro atoms. The van der Waals surface area contributed by atoms with Crippen molar-refractivity contribution >= 4 is 5.69 Å². The lowest BCUT2D eigenvalue weighted by atomic mass is 10.1. The van der Waals surface area contributed by atoms with Crippen LogP contribution in [-0.4, -0.2) is 0 Å². The van der Waals surface area contributed by atoms with Crippen molar-refractivity contribution in [2.45, 2.75) is 19.3 Å². The first-order valence-electron chi connectivity index (χ1n) is 4.49. The van der Waals surface area contributed by atoms with Crippen LogP contribution >= 0.6 is 0 Å². The smallest absolute Gasteiger partial charge is 0.123 e. The number of nitrogens with one attached hydrogen (secondary N) is 1. The van der Waals surface area contributed by atoms with Gasteiger partial charge >= 0.3 is 0 Å². The van der Waals surface area contributed by atoms with Gasteiger partial charge in [-0.1, -0.05) is 6.58 Å². The van der Waals surface area contributed by atoms with Gasteiger partial charge in [-0.25, -0.2) is 4.39 Å². The topological polar surface area (TPSA) is 12.0 Å². The number of rotatable bonds is 0. The number of fused-ring (bicyclic) bond motifs is 1. The van der Waals surface area contributed by atoms with E-state index in [2.05, 4.69) is 11.9 Å². The molecule has 0 unspecified atom stereocenters. The van der Waals surface area contributed by atoms with E-state index in [4.69, 9.17) is 0 Å². The van der Waals surface area contributed by atoms with Crippen LogP contribution in [0.4, 0.5) is 10.1 Å². The average molecular weight is 177 g/mol. The van der Waals surface area contributed by atoms with E-state index >= 15 is 0 Å². The van der Waals surface area contributed by atoms with Crippen molar-refractivity contribution in [1.29, 1.82) is 0 Å². The minimum absolute atomic E-state index is 0.159. The number of halogens is 1. The van der Waals surface area contributed by atoms with E-state index in [0.717, 1.165) is 36.2 Å². The maximum Gasteiger partial charge on any atom is 0.123 e. The van der Waals surface area contributed by atoms with Crippen LogP contribution in [0.2, 0.25) is 0 Å². The summed E-state index contributed by atoms with van der Waals surface area (Å²) in [6, 6.07) is 4.85. The summed E-state index contributed by atoms with van der Waals surface area (Å²) in [6.45, 7) is 3.89. The molecule has 13 heavy (non-hydrogen) atoms. The molecule has 0 aliphatic carbocycles. The van der Waals surface area contributed by atoms with E-state index in [-0.39, 0.29) is 5.82 Å². The van der Waals surface area contributed by atoms with Crippen LogP contribution in [0, 0.1) is 5.82 Å². The second-order valence-corrected chi connectivity index (χ2v) is 3.38. The molecule has 2 heteroatoms. The minimum atomic E-state index is -0.159. The average Bonchev–Trinajstić information content (AvgIpc) is 2.25. The first-order chi connectivity index (χ1) is 6.25. The third kappa shape index (κ3) is 1.72. The Bertz CT molecular complexity index is 344. The van der Waals surface area contributed by atoms with E-state index in [1.165, 1.54) is 6.07 Å². The molecule has 0 saturated heterocycles. The van der Waals surface area contributed by atoms with E-state index in [1.807, 2.05) is 0 Å². The zero-order valence-corrected chi connectivity index (χ0v) is 7.44. The lowest BCUT2D eigenvalue weighted by Gasteiger charge is -2.07. The Morgan fingerprint density at radius 1 is 1.31 bits per heavy atom. The Morgan fingerprint density at radius 2 is 2.15 bits per heavy atom. The maximum absolute atomic E-state index is 12.9. The van der Waals surface area contributed by atoms with Crippen molar-refractivity contribution in [3.05, 3.63) is 41.9 Å². The second kappa shape index (κ2) is 3.21. The van der Waals surface area contributed by atoms with Crippen molar-refractivity contribution in [3.8, 4) is 0 Å². The van der Waals surface area contributed by atoms with Gasteiger partial charge in [-0.2, -0.15) is 0 Å². The lowest BCUT2D eigenvalue weighted by Crippen LogP contribution is -1.96. The normalized spacial score (nSPS) is 15.9. The fraction of sp³-hybridized carbons (Fsp3) is 0.273. The summed E-state index contributed by atoms with van der Waals surface area (Å²) in [4.78, 5) is 0. The highest BCUT2D eigenvalue weighted by Gasteiger charge is 2.09. The third-order valence-corrected chi connectivity index (χ3v) is 2.30. The molecule has 0 amide bonds. The number of aryl methyl sites for hydroxylation is 1. The molecule has 1 aliphatic rings. The largest absolute Gasteiger partial charge is 0.359 e. The summed E-state index contributed by atoms with van der Waals surface area (Å²) in [5, 5.41) is 3.19. The van der Waals surface area contributed by atoms with Gasteiger partial charge in [-0.15, -0.1) is 0 Å². The van der Waals surface area contributed by atoms with E-state index in [1.54, 1.807) is 12.1 Å². The van der Waals surface area contributed by atoms with Crippen LogP contribution in [0.3, 0.4) is 0 Å². The molecule has 1 aromatic rings. The molecule has 0 fully saturated rings. The van der Waals surface area contributed by atoms with Crippen LogP contribution in [0.25, 0.3) is 0 Å². The molecule has 0 radical (unpaired) electrons. The highest BCUT2D eigenvalue weighted by Crippen LogP contribution is 2.25. The van der Waals surface area contributed by atoms with Crippen LogP contribution in [-0.2, 0) is 6.42 Å². The quantitative estimate of drug-likeness (QED) is 0.642. The van der Waals surface area contributed by atoms with Crippen molar-refractivity contribution in [3.63, 3.8) is 0 Å². The summed E-state index contributed by atoms with van der Waals surface area (Å²) in [6.07, 6.45) is 2.94. The molecule has 0 aromatic heterocycles. The van der Waals surface area contributed by atoms with Crippen molar-refractivity contribution in [2.75, 3.05) is 5.32 Å². The van der Waals surface area contributed by atoms with Crippen LogP contribution in [0.15, 0.2) is 30.5 Å². The monoisotopic (exact) mass is 177 g/mol. The number of allylic oxidation sites excluding steroid dienone is 1. The number of hydrogen-bond donors (Lipinski definition) is 1.